The van der Waals surface area contributed by atoms with Gasteiger partial charge in [0.1, 0.15) is 30.4 Å². The fraction of sp³-hybridized carbons (Fsp3) is 0.340. The van der Waals surface area contributed by atoms with Gasteiger partial charge in [-0.05, 0) is 79.3 Å². The Balaban J connectivity index is 1.00. The number of rotatable bonds is 20. The molecule has 0 unspecified atom stereocenters. The molecular weight excluding hydrogens is 843 g/mol. The molecule has 1 aromatic heterocycles. The van der Waals surface area contributed by atoms with Crippen LogP contribution in [0.25, 0.3) is 10.9 Å². The van der Waals surface area contributed by atoms with Crippen LogP contribution in [-0.2, 0) is 35.7 Å². The van der Waals surface area contributed by atoms with E-state index in [-0.39, 0.29) is 49.2 Å². The second kappa shape index (κ2) is 22.9. The number of carbonyl (C=O) groups is 4. The van der Waals surface area contributed by atoms with Crippen molar-refractivity contribution in [2.75, 3.05) is 56.0 Å². The van der Waals surface area contributed by atoms with E-state index < -0.39 is 47.0 Å². The van der Waals surface area contributed by atoms with Crippen molar-refractivity contribution in [2.24, 2.45) is 5.73 Å². The lowest BCUT2D eigenvalue weighted by Gasteiger charge is -2.35. The highest BCUT2D eigenvalue weighted by atomic mass is 19.1. The highest BCUT2D eigenvalue weighted by Gasteiger charge is 2.26. The lowest BCUT2D eigenvalue weighted by atomic mass is 10.0. The zero-order chi connectivity index (χ0) is 46.3. The van der Waals surface area contributed by atoms with Gasteiger partial charge in [0.25, 0.3) is 0 Å². The zero-order valence-corrected chi connectivity index (χ0v) is 36.1. The van der Waals surface area contributed by atoms with Crippen LogP contribution in [0.4, 0.5) is 34.5 Å². The first-order chi connectivity index (χ1) is 31.4. The smallest absolute Gasteiger partial charge is 0.410 e. The van der Waals surface area contributed by atoms with Crippen molar-refractivity contribution in [3.8, 4) is 0 Å². The number of benzene rings is 4. The standard InChI is InChI=1S/C47H54F2N8O8/c1-2-55-28-39(44(59)60)43(58)38-24-40(49)42(25-41(38)55)56-18-20-57(21-19-56)47(63)65-30-32-13-15-35(16-14-32)52-26-36(12-7-17-51-45(50)61)53-27-37(23-33-10-6-11-34(48)22-33)54-46(62)64-29-31-8-4-3-5-9-31/h3-6,8-11,13-16,22,24-25,28,36-37,52-53H,2,7,12,17-21,23,26-27,29-30H2,1H3,(H,54,62)(H,59,60)(H3,50,51,61)/t36-,37-/m0/s1. The lowest BCUT2D eigenvalue weighted by Crippen LogP contribution is -2.49. The third-order valence-corrected chi connectivity index (χ3v) is 11.1. The Kier molecular flexibility index (Phi) is 16.7. The zero-order valence-electron chi connectivity index (χ0n) is 36.1. The molecule has 18 heteroatoms. The molecule has 6 rings (SSSR count). The molecule has 1 saturated heterocycles. The number of fused-ring (bicyclic) bond motifs is 1. The predicted molar refractivity (Wildman–Crippen MR) is 242 cm³/mol. The molecule has 2 atom stereocenters. The number of halogens is 2. The molecule has 0 radical (unpaired) electrons. The van der Waals surface area contributed by atoms with Gasteiger partial charge in [0.05, 0.1) is 11.2 Å². The van der Waals surface area contributed by atoms with Crippen LogP contribution < -0.4 is 37.3 Å². The molecule has 65 heavy (non-hydrogen) atoms. The number of aromatic carboxylic acids is 1. The molecule has 0 aliphatic carbocycles. The normalized spacial score (nSPS) is 13.5. The summed E-state index contributed by atoms with van der Waals surface area (Å²) in [5.74, 6) is -2.41. The summed E-state index contributed by atoms with van der Waals surface area (Å²) in [4.78, 5) is 65.0. The van der Waals surface area contributed by atoms with Crippen LogP contribution in [0.15, 0.2) is 102 Å². The van der Waals surface area contributed by atoms with Crippen LogP contribution in [0, 0.1) is 11.6 Å². The summed E-state index contributed by atoms with van der Waals surface area (Å²) in [5, 5.41) is 21.9. The third-order valence-electron chi connectivity index (χ3n) is 11.1. The van der Waals surface area contributed by atoms with Crippen molar-refractivity contribution >= 4 is 46.5 Å². The molecule has 1 fully saturated rings. The van der Waals surface area contributed by atoms with Gasteiger partial charge in [0, 0.05) is 81.7 Å². The van der Waals surface area contributed by atoms with Crippen LogP contribution in [-0.4, -0.2) is 96.7 Å². The molecular formula is C47H54F2N8O8. The maximum Gasteiger partial charge on any atom is 0.410 e. The van der Waals surface area contributed by atoms with Crippen molar-refractivity contribution in [1.82, 2.24) is 25.4 Å². The number of pyridine rings is 1. The molecule has 4 amide bonds. The van der Waals surface area contributed by atoms with Crippen molar-refractivity contribution in [3.63, 3.8) is 0 Å². The molecule has 0 saturated carbocycles. The number of urea groups is 1. The molecule has 344 valence electrons. The summed E-state index contributed by atoms with van der Waals surface area (Å²) in [5.41, 5.74) is 7.87. The van der Waals surface area contributed by atoms with E-state index in [1.54, 1.807) is 39.5 Å². The Hall–Kier alpha value is -7.21. The largest absolute Gasteiger partial charge is 0.477 e. The van der Waals surface area contributed by atoms with Crippen LogP contribution >= 0.6 is 0 Å². The number of aryl methyl sites for hydroxylation is 1. The number of anilines is 2. The Labute approximate surface area is 374 Å². The number of piperazine rings is 1. The van der Waals surface area contributed by atoms with E-state index in [1.807, 2.05) is 54.6 Å². The van der Waals surface area contributed by atoms with Crippen LogP contribution in [0.1, 0.15) is 46.8 Å². The number of primary amides is 1. The topological polar surface area (TPSA) is 210 Å². The van der Waals surface area contributed by atoms with Gasteiger partial charge in [-0.3, -0.25) is 4.79 Å². The molecule has 5 aromatic rings. The van der Waals surface area contributed by atoms with Crippen molar-refractivity contribution < 1.29 is 42.5 Å². The van der Waals surface area contributed by atoms with E-state index in [4.69, 9.17) is 15.2 Å². The van der Waals surface area contributed by atoms with Crippen LogP contribution in [0.2, 0.25) is 0 Å². The number of nitrogens with zero attached hydrogens (tertiary/aromatic N) is 3. The Bertz CT molecular complexity index is 2480. The maximum absolute atomic E-state index is 15.4. The van der Waals surface area contributed by atoms with E-state index in [0.29, 0.717) is 69.6 Å². The number of nitrogens with two attached hydrogens (primary N) is 1. The highest BCUT2D eigenvalue weighted by molar-refractivity contribution is 5.93. The second-order valence-electron chi connectivity index (χ2n) is 15.7. The number of hydrogen-bond acceptors (Lipinski definition) is 10. The Morgan fingerprint density at radius 1 is 0.831 bits per heavy atom. The first kappa shape index (κ1) is 47.3. The van der Waals surface area contributed by atoms with Crippen molar-refractivity contribution in [1.29, 1.82) is 0 Å². The van der Waals surface area contributed by atoms with Gasteiger partial charge < -0.3 is 55.9 Å². The minimum absolute atomic E-state index is 0.0135. The van der Waals surface area contributed by atoms with Gasteiger partial charge in [0.2, 0.25) is 5.43 Å². The summed E-state index contributed by atoms with van der Waals surface area (Å²) in [7, 11) is 0. The minimum Gasteiger partial charge on any atom is -0.477 e. The summed E-state index contributed by atoms with van der Waals surface area (Å²) in [6.07, 6.45) is 1.74. The summed E-state index contributed by atoms with van der Waals surface area (Å²) < 4.78 is 42.2. The minimum atomic E-state index is -1.38. The first-order valence-corrected chi connectivity index (χ1v) is 21.4. The molecule has 2 heterocycles. The number of nitrogens with one attached hydrogen (secondary N) is 4. The SMILES string of the molecule is CCn1cc(C(=O)O)c(=O)c2cc(F)c(N3CCN(C(=O)OCc4ccc(NC[C@H](CCCNC(N)=O)NC[C@H](Cc5cccc(F)c5)NC(=O)OCc5ccccc5)cc4)CC3)cc21. The van der Waals surface area contributed by atoms with E-state index in [1.165, 1.54) is 18.3 Å². The lowest BCUT2D eigenvalue weighted by molar-refractivity contribution is 0.0694. The number of carboxylic acids is 1. The number of alkyl carbamates (subject to hydrolysis) is 1. The van der Waals surface area contributed by atoms with Crippen molar-refractivity contribution in [3.05, 3.63) is 141 Å². The van der Waals surface area contributed by atoms with Crippen molar-refractivity contribution in [2.45, 2.75) is 58.0 Å². The molecule has 7 N–H and O–H groups in total. The van der Waals surface area contributed by atoms with Crippen LogP contribution in [0.5, 0.6) is 0 Å². The number of carbonyl (C=O) groups excluding carboxylic acids is 3. The van der Waals surface area contributed by atoms with E-state index in [9.17, 15) is 33.5 Å². The third kappa shape index (κ3) is 13.6. The van der Waals surface area contributed by atoms with Gasteiger partial charge in [-0.1, -0.05) is 54.6 Å². The number of carboxylic acid groups (broad SMARTS) is 1. The molecule has 0 spiro atoms. The molecule has 1 aliphatic heterocycles. The molecule has 16 nitrogen and oxygen atoms in total. The first-order valence-electron chi connectivity index (χ1n) is 21.4. The fourth-order valence-corrected chi connectivity index (χ4v) is 7.58. The van der Waals surface area contributed by atoms with Gasteiger partial charge in [-0.2, -0.15) is 0 Å². The van der Waals surface area contributed by atoms with Gasteiger partial charge in [-0.15, -0.1) is 0 Å². The Morgan fingerprint density at radius 2 is 1.54 bits per heavy atom. The van der Waals surface area contributed by atoms with Gasteiger partial charge in [0.15, 0.2) is 0 Å². The van der Waals surface area contributed by atoms with Crippen LogP contribution in [0.3, 0.4) is 0 Å². The summed E-state index contributed by atoms with van der Waals surface area (Å²) in [6, 6.07) is 24.3. The fourth-order valence-electron chi connectivity index (χ4n) is 7.58. The van der Waals surface area contributed by atoms with E-state index in [0.717, 1.165) is 22.9 Å². The average molecular weight is 897 g/mol. The monoisotopic (exact) mass is 896 g/mol. The molecule has 4 aromatic carbocycles. The average Bonchev–Trinajstić information content (AvgIpc) is 3.30. The quantitative estimate of drug-likeness (QED) is 0.0514. The Morgan fingerprint density at radius 3 is 2.23 bits per heavy atom. The summed E-state index contributed by atoms with van der Waals surface area (Å²) >= 11 is 0. The van der Waals surface area contributed by atoms with Gasteiger partial charge in [-0.25, -0.2) is 28.0 Å². The highest BCUT2D eigenvalue weighted by Crippen LogP contribution is 2.27. The molecule has 1 aliphatic rings. The number of ether oxygens (including phenoxy) is 2. The van der Waals surface area contributed by atoms with Gasteiger partial charge >= 0.3 is 24.2 Å². The maximum atomic E-state index is 15.4. The van der Waals surface area contributed by atoms with E-state index in [2.05, 4.69) is 21.3 Å². The number of amides is 4. The predicted octanol–water partition coefficient (Wildman–Crippen LogP) is 5.81. The number of aromatic nitrogens is 1. The molecule has 0 bridgehead atoms. The summed E-state index contributed by atoms with van der Waals surface area (Å²) in [6.45, 7) is 4.61. The number of hydrogen-bond donors (Lipinski definition) is 6. The second-order valence-corrected chi connectivity index (χ2v) is 15.7. The van der Waals surface area contributed by atoms with E-state index >= 15 is 4.39 Å².